The average molecular weight is 318 g/mol. The van der Waals surface area contributed by atoms with Crippen molar-refractivity contribution in [1.29, 1.82) is 0 Å². The first-order chi connectivity index (χ1) is 9.49. The quantitative estimate of drug-likeness (QED) is 0.846. The molecular formula is C12H13Cl2N3O3. The number of hydrogen-bond donors (Lipinski definition) is 1. The van der Waals surface area contributed by atoms with Gasteiger partial charge in [-0.05, 0) is 18.6 Å². The number of pyridine rings is 1. The Hall–Kier alpha value is -1.53. The lowest BCUT2D eigenvalue weighted by molar-refractivity contribution is 0.0788. The number of rotatable bonds is 2. The Balaban J connectivity index is 2.02. The zero-order valence-corrected chi connectivity index (χ0v) is 12.2. The summed E-state index contributed by atoms with van der Waals surface area (Å²) in [5, 5.41) is 3.01. The summed E-state index contributed by atoms with van der Waals surface area (Å²) in [7, 11) is 1.30. The predicted octanol–water partition coefficient (Wildman–Crippen LogP) is 1.96. The van der Waals surface area contributed by atoms with Gasteiger partial charge in [-0.3, -0.25) is 4.79 Å². The van der Waals surface area contributed by atoms with E-state index in [1.54, 1.807) is 4.90 Å². The predicted molar refractivity (Wildman–Crippen MR) is 74.1 cm³/mol. The van der Waals surface area contributed by atoms with Crippen LogP contribution in [0.4, 0.5) is 4.79 Å². The van der Waals surface area contributed by atoms with E-state index in [4.69, 9.17) is 23.2 Å². The molecule has 6 nitrogen and oxygen atoms in total. The standard InChI is InChI=1S/C12H13Cl2N3O3/c1-20-12(19)15-8-2-3-17(6-8)11(18)7-4-9(13)16-10(14)5-7/h4-5,8H,2-3,6H2,1H3,(H,15,19). The Morgan fingerprint density at radius 3 is 2.65 bits per heavy atom. The van der Waals surface area contributed by atoms with Crippen molar-refractivity contribution in [3.63, 3.8) is 0 Å². The Morgan fingerprint density at radius 1 is 1.40 bits per heavy atom. The first-order valence-corrected chi connectivity index (χ1v) is 6.72. The van der Waals surface area contributed by atoms with Crippen LogP contribution in [0.15, 0.2) is 12.1 Å². The third kappa shape index (κ3) is 3.52. The van der Waals surface area contributed by atoms with Crippen LogP contribution in [0.25, 0.3) is 0 Å². The Kier molecular flexibility index (Phi) is 4.67. The molecule has 0 aromatic carbocycles. The smallest absolute Gasteiger partial charge is 0.407 e. The van der Waals surface area contributed by atoms with Gasteiger partial charge in [-0.25, -0.2) is 9.78 Å². The van der Waals surface area contributed by atoms with E-state index in [2.05, 4.69) is 15.0 Å². The molecule has 1 aliphatic heterocycles. The molecule has 1 fully saturated rings. The van der Waals surface area contributed by atoms with Crippen molar-refractivity contribution in [1.82, 2.24) is 15.2 Å². The first kappa shape index (κ1) is 14.9. The van der Waals surface area contributed by atoms with E-state index >= 15 is 0 Å². The summed E-state index contributed by atoms with van der Waals surface area (Å²) in [5.41, 5.74) is 0.383. The van der Waals surface area contributed by atoms with Gasteiger partial charge >= 0.3 is 6.09 Å². The van der Waals surface area contributed by atoms with E-state index in [0.717, 1.165) is 0 Å². The number of nitrogens with one attached hydrogen (secondary N) is 1. The van der Waals surface area contributed by atoms with Crippen LogP contribution in [0, 0.1) is 0 Å². The largest absolute Gasteiger partial charge is 0.453 e. The molecule has 1 aliphatic rings. The molecule has 0 saturated carbocycles. The number of ether oxygens (including phenoxy) is 1. The van der Waals surface area contributed by atoms with Crippen molar-refractivity contribution < 1.29 is 14.3 Å². The Bertz CT molecular complexity index is 518. The minimum atomic E-state index is -0.501. The highest BCUT2D eigenvalue weighted by Gasteiger charge is 2.28. The second kappa shape index (κ2) is 6.28. The number of carbonyl (C=O) groups is 2. The number of hydrogen-bond acceptors (Lipinski definition) is 4. The number of methoxy groups -OCH3 is 1. The van der Waals surface area contributed by atoms with Crippen molar-refractivity contribution in [2.75, 3.05) is 20.2 Å². The number of aromatic nitrogens is 1. The molecule has 1 aromatic rings. The lowest BCUT2D eigenvalue weighted by Gasteiger charge is -2.17. The van der Waals surface area contributed by atoms with Crippen LogP contribution in [0.3, 0.4) is 0 Å². The van der Waals surface area contributed by atoms with Gasteiger partial charge in [0, 0.05) is 18.7 Å². The Labute approximate surface area is 126 Å². The van der Waals surface area contributed by atoms with Gasteiger partial charge in [0.05, 0.1) is 13.2 Å². The fraction of sp³-hybridized carbons (Fsp3) is 0.417. The lowest BCUT2D eigenvalue weighted by Crippen LogP contribution is -2.38. The monoisotopic (exact) mass is 317 g/mol. The first-order valence-electron chi connectivity index (χ1n) is 5.96. The second-order valence-corrected chi connectivity index (χ2v) is 5.15. The van der Waals surface area contributed by atoms with Crippen molar-refractivity contribution in [3.05, 3.63) is 28.0 Å². The van der Waals surface area contributed by atoms with Crippen LogP contribution < -0.4 is 5.32 Å². The molecule has 1 saturated heterocycles. The maximum Gasteiger partial charge on any atom is 0.407 e. The third-order valence-electron chi connectivity index (χ3n) is 2.99. The maximum atomic E-state index is 12.3. The zero-order chi connectivity index (χ0) is 14.7. The molecular weight excluding hydrogens is 305 g/mol. The van der Waals surface area contributed by atoms with Gasteiger partial charge in [-0.2, -0.15) is 0 Å². The summed E-state index contributed by atoms with van der Waals surface area (Å²) in [6.07, 6.45) is 0.173. The van der Waals surface area contributed by atoms with Gasteiger partial charge in [0.2, 0.25) is 0 Å². The summed E-state index contributed by atoms with van der Waals surface area (Å²) in [6.45, 7) is 0.969. The highest BCUT2D eigenvalue weighted by atomic mass is 35.5. The fourth-order valence-electron chi connectivity index (χ4n) is 2.06. The number of likely N-dealkylation sites (tertiary alicyclic amines) is 1. The maximum absolute atomic E-state index is 12.3. The highest BCUT2D eigenvalue weighted by Crippen LogP contribution is 2.19. The summed E-state index contributed by atoms with van der Waals surface area (Å²) < 4.78 is 4.53. The minimum absolute atomic E-state index is 0.112. The summed E-state index contributed by atoms with van der Waals surface area (Å²) in [4.78, 5) is 28.8. The molecule has 2 rings (SSSR count). The van der Waals surface area contributed by atoms with Gasteiger partial charge in [0.25, 0.3) is 5.91 Å². The number of halogens is 2. The van der Waals surface area contributed by atoms with Gasteiger partial charge in [-0.1, -0.05) is 23.2 Å². The van der Waals surface area contributed by atoms with Crippen LogP contribution in [0.5, 0.6) is 0 Å². The van der Waals surface area contributed by atoms with E-state index in [9.17, 15) is 9.59 Å². The molecule has 8 heteroatoms. The normalized spacial score (nSPS) is 17.9. The van der Waals surface area contributed by atoms with Crippen LogP contribution in [0.2, 0.25) is 10.3 Å². The summed E-state index contributed by atoms with van der Waals surface area (Å²) >= 11 is 11.6. The SMILES string of the molecule is COC(=O)NC1CCN(C(=O)c2cc(Cl)nc(Cl)c2)C1. The van der Waals surface area contributed by atoms with Gasteiger partial charge in [-0.15, -0.1) is 0 Å². The van der Waals surface area contributed by atoms with Crippen molar-refractivity contribution >= 4 is 35.2 Å². The van der Waals surface area contributed by atoms with Crippen molar-refractivity contribution in [2.45, 2.75) is 12.5 Å². The fourth-order valence-corrected chi connectivity index (χ4v) is 2.52. The van der Waals surface area contributed by atoms with Crippen molar-refractivity contribution in [2.24, 2.45) is 0 Å². The van der Waals surface area contributed by atoms with Gasteiger partial charge < -0.3 is 15.0 Å². The molecule has 1 N–H and O–H groups in total. The lowest BCUT2D eigenvalue weighted by atomic mass is 10.2. The number of alkyl carbamates (subject to hydrolysis) is 1. The molecule has 0 aliphatic carbocycles. The van der Waals surface area contributed by atoms with E-state index in [0.29, 0.717) is 25.1 Å². The molecule has 108 valence electrons. The van der Waals surface area contributed by atoms with Crippen LogP contribution in [0.1, 0.15) is 16.8 Å². The minimum Gasteiger partial charge on any atom is -0.453 e. The number of carbonyl (C=O) groups excluding carboxylic acids is 2. The molecule has 1 aromatic heterocycles. The molecule has 0 bridgehead atoms. The summed E-state index contributed by atoms with van der Waals surface area (Å²) in [6, 6.07) is 2.83. The molecule has 1 atom stereocenters. The van der Waals surface area contributed by atoms with E-state index in [1.165, 1.54) is 19.2 Å². The van der Waals surface area contributed by atoms with Crippen LogP contribution >= 0.6 is 23.2 Å². The highest BCUT2D eigenvalue weighted by molar-refractivity contribution is 6.33. The molecule has 1 unspecified atom stereocenters. The van der Waals surface area contributed by atoms with Crippen molar-refractivity contribution in [3.8, 4) is 0 Å². The molecule has 2 amide bonds. The van der Waals surface area contributed by atoms with Gasteiger partial charge in [0.15, 0.2) is 0 Å². The topological polar surface area (TPSA) is 71.5 Å². The molecule has 0 radical (unpaired) electrons. The zero-order valence-electron chi connectivity index (χ0n) is 10.7. The van der Waals surface area contributed by atoms with Crippen LogP contribution in [-0.2, 0) is 4.74 Å². The molecule has 20 heavy (non-hydrogen) atoms. The van der Waals surface area contributed by atoms with Gasteiger partial charge in [0.1, 0.15) is 10.3 Å². The Morgan fingerprint density at radius 2 is 2.05 bits per heavy atom. The molecule has 0 spiro atoms. The van der Waals surface area contributed by atoms with E-state index in [-0.39, 0.29) is 22.3 Å². The third-order valence-corrected chi connectivity index (χ3v) is 3.38. The number of amides is 2. The average Bonchev–Trinajstić information content (AvgIpc) is 2.85. The second-order valence-electron chi connectivity index (χ2n) is 4.37. The number of nitrogens with zero attached hydrogens (tertiary/aromatic N) is 2. The van der Waals surface area contributed by atoms with E-state index < -0.39 is 6.09 Å². The van der Waals surface area contributed by atoms with E-state index in [1.807, 2.05) is 0 Å². The molecule has 2 heterocycles. The van der Waals surface area contributed by atoms with Crippen LogP contribution in [-0.4, -0.2) is 48.1 Å². The summed E-state index contributed by atoms with van der Waals surface area (Å²) in [5.74, 6) is -0.189.